The van der Waals surface area contributed by atoms with Gasteiger partial charge in [-0.15, -0.1) is 0 Å². The molecule has 2 rings (SSSR count). The molecular weight excluding hydrogens is 301 g/mol. The normalized spacial score (nSPS) is 11.2. The summed E-state index contributed by atoms with van der Waals surface area (Å²) < 4.78 is 0. The summed E-state index contributed by atoms with van der Waals surface area (Å²) in [5.74, 6) is 0. The molecule has 94 valence electrons. The van der Waals surface area contributed by atoms with Gasteiger partial charge in [0.1, 0.15) is 0 Å². The minimum Gasteiger partial charge on any atom is -0.192 e. The Morgan fingerprint density at radius 1 is 1.00 bits per heavy atom. The maximum atomic E-state index is 9.29. The van der Waals surface area contributed by atoms with E-state index in [1.54, 1.807) is 36.4 Å². The fraction of sp³-hybridized carbons (Fsp3) is 0. The van der Waals surface area contributed by atoms with E-state index < -0.39 is 0 Å². The maximum Gasteiger partial charge on any atom is 0.0999 e. The molecule has 0 atom stereocenters. The lowest BCUT2D eigenvalue weighted by atomic mass is 10.0. The SMILES string of the molecule is N#C/C(=C/c1cccc(Cl)c1)c1c(Cl)cccc1Cl. The molecule has 0 amide bonds. The standard InChI is InChI=1S/C15H8Cl3N/c16-12-4-1-3-10(8-12)7-11(9-19)15-13(17)5-2-6-14(15)18/h1-8H/b11-7-. The maximum absolute atomic E-state index is 9.29. The minimum atomic E-state index is 0.401. The Morgan fingerprint density at radius 2 is 1.63 bits per heavy atom. The van der Waals surface area contributed by atoms with Gasteiger partial charge in [-0.25, -0.2) is 0 Å². The second kappa shape index (κ2) is 6.12. The van der Waals surface area contributed by atoms with Crippen molar-refractivity contribution in [2.45, 2.75) is 0 Å². The van der Waals surface area contributed by atoms with Gasteiger partial charge in [0, 0.05) is 10.6 Å². The molecule has 19 heavy (non-hydrogen) atoms. The van der Waals surface area contributed by atoms with Crippen molar-refractivity contribution in [3.8, 4) is 6.07 Å². The topological polar surface area (TPSA) is 23.8 Å². The third kappa shape index (κ3) is 3.30. The van der Waals surface area contributed by atoms with Crippen molar-refractivity contribution in [2.24, 2.45) is 0 Å². The molecule has 0 aliphatic carbocycles. The lowest BCUT2D eigenvalue weighted by Crippen LogP contribution is -1.86. The number of halogens is 3. The van der Waals surface area contributed by atoms with E-state index in [1.165, 1.54) is 0 Å². The quantitative estimate of drug-likeness (QED) is 0.515. The summed E-state index contributed by atoms with van der Waals surface area (Å²) >= 11 is 18.1. The van der Waals surface area contributed by atoms with Crippen molar-refractivity contribution in [1.82, 2.24) is 0 Å². The van der Waals surface area contributed by atoms with Crippen LogP contribution in [-0.4, -0.2) is 0 Å². The Bertz CT molecular complexity index is 664. The van der Waals surface area contributed by atoms with Crippen LogP contribution in [0.15, 0.2) is 42.5 Å². The highest BCUT2D eigenvalue weighted by molar-refractivity contribution is 6.38. The first-order valence-electron chi connectivity index (χ1n) is 5.43. The summed E-state index contributed by atoms with van der Waals surface area (Å²) in [6, 6.07) is 14.5. The van der Waals surface area contributed by atoms with E-state index in [0.29, 0.717) is 26.2 Å². The van der Waals surface area contributed by atoms with Gasteiger partial charge in [-0.1, -0.05) is 53.0 Å². The third-order valence-electron chi connectivity index (χ3n) is 2.51. The molecule has 2 aromatic rings. The first kappa shape index (κ1) is 14.0. The second-order valence-corrected chi connectivity index (χ2v) is 5.07. The van der Waals surface area contributed by atoms with Gasteiger partial charge in [0.25, 0.3) is 0 Å². The smallest absolute Gasteiger partial charge is 0.0999 e. The van der Waals surface area contributed by atoms with E-state index in [4.69, 9.17) is 34.8 Å². The Balaban J connectivity index is 2.55. The first-order chi connectivity index (χ1) is 9.11. The Hall–Kier alpha value is -1.46. The summed E-state index contributed by atoms with van der Waals surface area (Å²) in [6.07, 6.45) is 1.71. The van der Waals surface area contributed by atoms with Crippen LogP contribution in [0.1, 0.15) is 11.1 Å². The molecule has 0 aliphatic rings. The van der Waals surface area contributed by atoms with Gasteiger partial charge < -0.3 is 0 Å². The second-order valence-electron chi connectivity index (χ2n) is 3.82. The van der Waals surface area contributed by atoms with Crippen LogP contribution >= 0.6 is 34.8 Å². The molecule has 0 saturated heterocycles. The van der Waals surface area contributed by atoms with Gasteiger partial charge in [-0.05, 0) is 35.9 Å². The monoisotopic (exact) mass is 307 g/mol. The van der Waals surface area contributed by atoms with Crippen LogP contribution < -0.4 is 0 Å². The van der Waals surface area contributed by atoms with Crippen molar-refractivity contribution < 1.29 is 0 Å². The first-order valence-corrected chi connectivity index (χ1v) is 6.57. The fourth-order valence-electron chi connectivity index (χ4n) is 1.68. The highest BCUT2D eigenvalue weighted by Crippen LogP contribution is 2.32. The molecule has 1 nitrogen and oxygen atoms in total. The lowest BCUT2D eigenvalue weighted by molar-refractivity contribution is 1.52. The Labute approximate surface area is 126 Å². The number of hydrogen-bond donors (Lipinski definition) is 0. The molecule has 0 fully saturated rings. The summed E-state index contributed by atoms with van der Waals surface area (Å²) in [6.45, 7) is 0. The van der Waals surface area contributed by atoms with Crippen molar-refractivity contribution in [3.05, 3.63) is 68.7 Å². The number of nitrogens with zero attached hydrogens (tertiary/aromatic N) is 1. The third-order valence-corrected chi connectivity index (χ3v) is 3.38. The summed E-state index contributed by atoms with van der Waals surface area (Å²) in [5.41, 5.74) is 1.76. The van der Waals surface area contributed by atoms with Crippen molar-refractivity contribution >= 4 is 46.5 Å². The van der Waals surface area contributed by atoms with Crippen LogP contribution in [-0.2, 0) is 0 Å². The zero-order valence-corrected chi connectivity index (χ0v) is 12.0. The molecule has 0 N–H and O–H groups in total. The van der Waals surface area contributed by atoms with Crippen LogP contribution in [0.2, 0.25) is 15.1 Å². The molecule has 0 radical (unpaired) electrons. The van der Waals surface area contributed by atoms with Crippen LogP contribution in [0.25, 0.3) is 11.6 Å². The van der Waals surface area contributed by atoms with Crippen molar-refractivity contribution in [1.29, 1.82) is 5.26 Å². The number of allylic oxidation sites excluding steroid dienone is 1. The van der Waals surface area contributed by atoms with Gasteiger partial charge in [0.15, 0.2) is 0 Å². The number of benzene rings is 2. The number of rotatable bonds is 2. The van der Waals surface area contributed by atoms with Crippen LogP contribution in [0.5, 0.6) is 0 Å². The molecule has 0 saturated carbocycles. The summed E-state index contributed by atoms with van der Waals surface area (Å²) in [7, 11) is 0. The van der Waals surface area contributed by atoms with Crippen LogP contribution in [0.4, 0.5) is 0 Å². The largest absolute Gasteiger partial charge is 0.192 e. The molecule has 0 aliphatic heterocycles. The molecule has 2 aromatic carbocycles. The Morgan fingerprint density at radius 3 is 2.21 bits per heavy atom. The molecular formula is C15H8Cl3N. The van der Waals surface area contributed by atoms with Crippen molar-refractivity contribution in [2.75, 3.05) is 0 Å². The minimum absolute atomic E-state index is 0.401. The molecule has 0 aromatic heterocycles. The van der Waals surface area contributed by atoms with E-state index >= 15 is 0 Å². The van der Waals surface area contributed by atoms with E-state index in [1.807, 2.05) is 12.1 Å². The molecule has 0 spiro atoms. The zero-order chi connectivity index (χ0) is 13.8. The number of hydrogen-bond acceptors (Lipinski definition) is 1. The van der Waals surface area contributed by atoms with Gasteiger partial charge in [-0.3, -0.25) is 0 Å². The van der Waals surface area contributed by atoms with E-state index in [9.17, 15) is 5.26 Å². The highest BCUT2D eigenvalue weighted by atomic mass is 35.5. The average Bonchev–Trinajstić information content (AvgIpc) is 2.37. The zero-order valence-electron chi connectivity index (χ0n) is 9.70. The molecule has 4 heteroatoms. The number of nitriles is 1. The predicted octanol–water partition coefficient (Wildman–Crippen LogP) is 5.71. The van der Waals surface area contributed by atoms with Crippen molar-refractivity contribution in [3.63, 3.8) is 0 Å². The Kier molecular flexibility index (Phi) is 4.50. The summed E-state index contributed by atoms with van der Waals surface area (Å²) in [5, 5.41) is 10.8. The van der Waals surface area contributed by atoms with Crippen LogP contribution in [0.3, 0.4) is 0 Å². The van der Waals surface area contributed by atoms with Gasteiger partial charge in [0.2, 0.25) is 0 Å². The van der Waals surface area contributed by atoms with E-state index in [0.717, 1.165) is 5.56 Å². The molecule has 0 unspecified atom stereocenters. The van der Waals surface area contributed by atoms with Crippen LogP contribution in [0, 0.1) is 11.3 Å². The van der Waals surface area contributed by atoms with Gasteiger partial charge in [-0.2, -0.15) is 5.26 Å². The average molecular weight is 309 g/mol. The van der Waals surface area contributed by atoms with E-state index in [-0.39, 0.29) is 0 Å². The van der Waals surface area contributed by atoms with E-state index in [2.05, 4.69) is 6.07 Å². The lowest BCUT2D eigenvalue weighted by Gasteiger charge is -2.05. The highest BCUT2D eigenvalue weighted by Gasteiger charge is 2.10. The molecule has 0 bridgehead atoms. The summed E-state index contributed by atoms with van der Waals surface area (Å²) in [4.78, 5) is 0. The van der Waals surface area contributed by atoms with Gasteiger partial charge in [0.05, 0.1) is 21.7 Å². The predicted molar refractivity (Wildman–Crippen MR) is 81.4 cm³/mol. The molecule has 0 heterocycles. The fourth-order valence-corrected chi connectivity index (χ4v) is 2.48. The van der Waals surface area contributed by atoms with Gasteiger partial charge >= 0.3 is 0 Å².